The van der Waals surface area contributed by atoms with Crippen LogP contribution < -0.4 is 15.4 Å². The number of thiocarbonyl (C=S) groups is 1. The second kappa shape index (κ2) is 7.10. The van der Waals surface area contributed by atoms with Crippen molar-refractivity contribution in [1.82, 2.24) is 0 Å². The maximum absolute atomic E-state index is 5.98. The number of ether oxygens (including phenoxy) is 1. The molecule has 0 heterocycles. The van der Waals surface area contributed by atoms with Gasteiger partial charge in [0.15, 0.2) is 5.11 Å². The van der Waals surface area contributed by atoms with Crippen molar-refractivity contribution >= 4 is 62.9 Å². The Kier molecular flexibility index (Phi) is 5.45. The molecule has 0 aromatic heterocycles. The molecule has 2 N–H and O–H groups in total. The molecule has 0 saturated heterocycles. The third-order valence-electron chi connectivity index (χ3n) is 2.53. The third-order valence-corrected chi connectivity index (χ3v) is 3.91. The van der Waals surface area contributed by atoms with Crippen molar-refractivity contribution in [2.75, 3.05) is 17.7 Å². The molecule has 0 aliphatic heterocycles. The quantitative estimate of drug-likeness (QED) is 0.556. The van der Waals surface area contributed by atoms with E-state index in [1.807, 2.05) is 24.3 Å². The molecule has 0 unspecified atom stereocenters. The molecule has 3 nitrogen and oxygen atoms in total. The molecule has 2 aromatic carbocycles. The first-order valence-electron chi connectivity index (χ1n) is 5.76. The van der Waals surface area contributed by atoms with Crippen LogP contribution in [0.1, 0.15) is 0 Å². The number of para-hydroxylation sites is 1. The van der Waals surface area contributed by atoms with Crippen molar-refractivity contribution in [3.05, 3.63) is 51.1 Å². The van der Waals surface area contributed by atoms with E-state index in [9.17, 15) is 0 Å². The minimum atomic E-state index is 0.481. The Morgan fingerprint density at radius 3 is 2.55 bits per heavy atom. The van der Waals surface area contributed by atoms with Crippen LogP contribution in [0.5, 0.6) is 5.75 Å². The summed E-state index contributed by atoms with van der Waals surface area (Å²) in [6.07, 6.45) is 0. The largest absolute Gasteiger partial charge is 0.495 e. The van der Waals surface area contributed by atoms with Crippen molar-refractivity contribution in [1.29, 1.82) is 0 Å². The van der Waals surface area contributed by atoms with Gasteiger partial charge in [0.05, 0.1) is 18.5 Å². The van der Waals surface area contributed by atoms with Crippen LogP contribution in [-0.2, 0) is 0 Å². The van der Waals surface area contributed by atoms with Crippen molar-refractivity contribution in [2.24, 2.45) is 0 Å². The highest BCUT2D eigenvalue weighted by molar-refractivity contribution is 14.1. The first-order valence-corrected chi connectivity index (χ1v) is 7.62. The van der Waals surface area contributed by atoms with Crippen molar-refractivity contribution in [3.63, 3.8) is 0 Å². The van der Waals surface area contributed by atoms with E-state index in [0.29, 0.717) is 15.9 Å². The van der Waals surface area contributed by atoms with E-state index in [4.69, 9.17) is 28.6 Å². The molecule has 0 aliphatic rings. The van der Waals surface area contributed by atoms with Gasteiger partial charge in [0.25, 0.3) is 0 Å². The normalized spacial score (nSPS) is 9.95. The van der Waals surface area contributed by atoms with Crippen LogP contribution in [0, 0.1) is 3.57 Å². The Morgan fingerprint density at radius 1 is 1.15 bits per heavy atom. The van der Waals surface area contributed by atoms with Gasteiger partial charge >= 0.3 is 0 Å². The standard InChI is InChI=1S/C14H12ClIN2OS/c1-19-13-7-6-9(15)8-12(13)18-14(20)17-11-5-3-2-4-10(11)16/h2-8H,1H3,(H2,17,18,20). The molecule has 0 atom stereocenters. The van der Waals surface area contributed by atoms with Crippen LogP contribution in [0.4, 0.5) is 11.4 Å². The van der Waals surface area contributed by atoms with Crippen LogP contribution in [0.25, 0.3) is 0 Å². The van der Waals surface area contributed by atoms with Gasteiger partial charge in [-0.15, -0.1) is 0 Å². The first-order chi connectivity index (χ1) is 9.60. The Bertz CT molecular complexity index is 636. The summed E-state index contributed by atoms with van der Waals surface area (Å²) in [5.41, 5.74) is 1.68. The molecular weight excluding hydrogens is 407 g/mol. The fourth-order valence-electron chi connectivity index (χ4n) is 1.62. The molecule has 0 aliphatic carbocycles. The van der Waals surface area contributed by atoms with E-state index in [-0.39, 0.29) is 0 Å². The minimum Gasteiger partial charge on any atom is -0.495 e. The fourth-order valence-corrected chi connectivity index (χ4v) is 2.53. The third kappa shape index (κ3) is 3.97. The van der Waals surface area contributed by atoms with Gasteiger partial charge in [0.1, 0.15) is 5.75 Å². The molecule has 104 valence electrons. The summed E-state index contributed by atoms with van der Waals surface area (Å²) >= 11 is 13.5. The zero-order valence-electron chi connectivity index (χ0n) is 10.6. The maximum atomic E-state index is 5.98. The van der Waals surface area contributed by atoms with E-state index in [0.717, 1.165) is 14.9 Å². The molecule has 0 saturated carbocycles. The summed E-state index contributed by atoms with van der Waals surface area (Å²) in [6.45, 7) is 0. The average Bonchev–Trinajstić information content (AvgIpc) is 2.41. The van der Waals surface area contributed by atoms with E-state index < -0.39 is 0 Å². The summed E-state index contributed by atoms with van der Waals surface area (Å²) in [5, 5.41) is 7.33. The van der Waals surface area contributed by atoms with Gasteiger partial charge in [-0.3, -0.25) is 0 Å². The molecule has 0 amide bonds. The lowest BCUT2D eigenvalue weighted by atomic mass is 10.3. The lowest BCUT2D eigenvalue weighted by molar-refractivity contribution is 0.417. The molecule has 0 fully saturated rings. The molecule has 0 radical (unpaired) electrons. The molecule has 2 rings (SSSR count). The van der Waals surface area contributed by atoms with E-state index >= 15 is 0 Å². The fraction of sp³-hybridized carbons (Fsp3) is 0.0714. The second-order valence-corrected chi connectivity index (χ2v) is 5.91. The number of benzene rings is 2. The first kappa shape index (κ1) is 15.3. The highest BCUT2D eigenvalue weighted by Crippen LogP contribution is 2.28. The Balaban J connectivity index is 2.12. The van der Waals surface area contributed by atoms with Crippen LogP contribution in [0.2, 0.25) is 5.02 Å². The summed E-state index contributed by atoms with van der Waals surface area (Å²) in [4.78, 5) is 0. The van der Waals surface area contributed by atoms with Crippen molar-refractivity contribution in [3.8, 4) is 5.75 Å². The molecule has 20 heavy (non-hydrogen) atoms. The average molecular weight is 419 g/mol. The van der Waals surface area contributed by atoms with E-state index in [1.165, 1.54) is 0 Å². The summed E-state index contributed by atoms with van der Waals surface area (Å²) in [7, 11) is 1.60. The second-order valence-electron chi connectivity index (χ2n) is 3.90. The number of rotatable bonds is 3. The lowest BCUT2D eigenvalue weighted by Gasteiger charge is -2.14. The van der Waals surface area contributed by atoms with E-state index in [1.54, 1.807) is 25.3 Å². The number of hydrogen-bond donors (Lipinski definition) is 2. The summed E-state index contributed by atoms with van der Waals surface area (Å²) < 4.78 is 6.36. The van der Waals surface area contributed by atoms with Gasteiger partial charge in [-0.05, 0) is 65.1 Å². The van der Waals surface area contributed by atoms with Gasteiger partial charge in [-0.25, -0.2) is 0 Å². The highest BCUT2D eigenvalue weighted by atomic mass is 127. The molecule has 0 bridgehead atoms. The lowest BCUT2D eigenvalue weighted by Crippen LogP contribution is -2.20. The number of nitrogens with one attached hydrogen (secondary N) is 2. The topological polar surface area (TPSA) is 33.3 Å². The Morgan fingerprint density at radius 2 is 1.85 bits per heavy atom. The predicted octanol–water partition coefficient (Wildman–Crippen LogP) is 4.76. The van der Waals surface area contributed by atoms with Gasteiger partial charge in [0, 0.05) is 8.59 Å². The van der Waals surface area contributed by atoms with Crippen LogP contribution >= 0.6 is 46.4 Å². The molecular formula is C14H12ClIN2OS. The van der Waals surface area contributed by atoms with Gasteiger partial charge < -0.3 is 15.4 Å². The Labute approximate surface area is 141 Å². The highest BCUT2D eigenvalue weighted by Gasteiger charge is 2.07. The molecule has 2 aromatic rings. The SMILES string of the molecule is COc1ccc(Cl)cc1NC(=S)Nc1ccccc1I. The molecule has 0 spiro atoms. The summed E-state index contributed by atoms with van der Waals surface area (Å²) in [5.74, 6) is 0.682. The number of halogens is 2. The monoisotopic (exact) mass is 418 g/mol. The van der Waals surface area contributed by atoms with Crippen LogP contribution in [0.3, 0.4) is 0 Å². The zero-order valence-corrected chi connectivity index (χ0v) is 14.3. The smallest absolute Gasteiger partial charge is 0.175 e. The van der Waals surface area contributed by atoms with Crippen LogP contribution in [0.15, 0.2) is 42.5 Å². The predicted molar refractivity (Wildman–Crippen MR) is 97.0 cm³/mol. The van der Waals surface area contributed by atoms with Gasteiger partial charge in [-0.1, -0.05) is 23.7 Å². The summed E-state index contributed by atoms with van der Waals surface area (Å²) in [6, 6.07) is 13.2. The number of methoxy groups -OCH3 is 1. The van der Waals surface area contributed by atoms with Gasteiger partial charge in [-0.2, -0.15) is 0 Å². The molecule has 6 heteroatoms. The zero-order chi connectivity index (χ0) is 14.5. The van der Waals surface area contributed by atoms with Crippen molar-refractivity contribution in [2.45, 2.75) is 0 Å². The number of anilines is 2. The number of hydrogen-bond acceptors (Lipinski definition) is 2. The van der Waals surface area contributed by atoms with E-state index in [2.05, 4.69) is 33.2 Å². The van der Waals surface area contributed by atoms with Gasteiger partial charge in [0.2, 0.25) is 0 Å². The van der Waals surface area contributed by atoms with Crippen molar-refractivity contribution < 1.29 is 4.74 Å². The minimum absolute atomic E-state index is 0.481. The maximum Gasteiger partial charge on any atom is 0.175 e. The Hall–Kier alpha value is -1.05. The van der Waals surface area contributed by atoms with Crippen LogP contribution in [-0.4, -0.2) is 12.2 Å².